The topological polar surface area (TPSA) is 147 Å². The molecule has 0 radical (unpaired) electrons. The van der Waals surface area contributed by atoms with Crippen LogP contribution < -0.4 is 0 Å². The SMILES string of the molecule is CC(c1nn(C)cc1C(F)(F)F)S(=O)(=O)C1=NOC(C)(C)C1F.CI.Cn1cc(C(F)(F)F)c(CS(=O)(=O)C2=NOC(C)(C)C2F)n1. The lowest BCUT2D eigenvalue weighted by molar-refractivity contribution is -0.139. The Kier molecular flexibility index (Phi) is 11.9. The van der Waals surface area contributed by atoms with Crippen LogP contribution in [-0.2, 0) is 61.6 Å². The fraction of sp³-hybridized carbons (Fsp3) is 0.667. The van der Waals surface area contributed by atoms with Crippen LogP contribution in [0.2, 0.25) is 0 Å². The quantitative estimate of drug-likeness (QED) is 0.231. The van der Waals surface area contributed by atoms with E-state index in [0.29, 0.717) is 12.4 Å². The van der Waals surface area contributed by atoms with Gasteiger partial charge in [0, 0.05) is 26.5 Å². The molecule has 0 aliphatic carbocycles. The smallest absolute Gasteiger partial charge is 0.385 e. The molecule has 2 aliphatic rings. The number of aryl methyl sites for hydroxylation is 2. The molecule has 268 valence electrons. The highest BCUT2D eigenvalue weighted by molar-refractivity contribution is 14.1. The van der Waals surface area contributed by atoms with E-state index in [4.69, 9.17) is 4.84 Å². The molecule has 4 rings (SSSR count). The summed E-state index contributed by atoms with van der Waals surface area (Å²) in [5.74, 6) is -1.11. The highest BCUT2D eigenvalue weighted by Gasteiger charge is 2.51. The molecule has 3 atom stereocenters. The lowest BCUT2D eigenvalue weighted by Crippen LogP contribution is -2.38. The fourth-order valence-electron chi connectivity index (χ4n) is 4.00. The van der Waals surface area contributed by atoms with Gasteiger partial charge in [-0.2, -0.15) is 36.5 Å². The molecular formula is C24H31F8IN6O6S2. The van der Waals surface area contributed by atoms with Gasteiger partial charge in [0.15, 0.2) is 23.5 Å². The van der Waals surface area contributed by atoms with E-state index in [1.54, 1.807) is 0 Å². The van der Waals surface area contributed by atoms with Crippen LogP contribution in [0, 0.1) is 0 Å². The molecule has 0 amide bonds. The van der Waals surface area contributed by atoms with Gasteiger partial charge in [-0.15, -0.1) is 0 Å². The molecule has 3 unspecified atom stereocenters. The molecule has 0 bridgehead atoms. The molecule has 0 aromatic carbocycles. The number of aromatic nitrogens is 4. The summed E-state index contributed by atoms with van der Waals surface area (Å²) in [6.45, 7) is 6.15. The molecule has 47 heavy (non-hydrogen) atoms. The van der Waals surface area contributed by atoms with Crippen LogP contribution in [0.5, 0.6) is 0 Å². The van der Waals surface area contributed by atoms with Crippen molar-refractivity contribution in [3.63, 3.8) is 0 Å². The summed E-state index contributed by atoms with van der Waals surface area (Å²) in [5.41, 5.74) is -6.79. The third-order valence-electron chi connectivity index (χ3n) is 6.56. The van der Waals surface area contributed by atoms with E-state index < -0.39 is 99.2 Å². The summed E-state index contributed by atoms with van der Waals surface area (Å²) in [6.07, 6.45) is -12.3. The molecule has 0 saturated carbocycles. The lowest BCUT2D eigenvalue weighted by Gasteiger charge is -2.19. The van der Waals surface area contributed by atoms with Crippen molar-refractivity contribution in [2.75, 3.05) is 4.93 Å². The lowest BCUT2D eigenvalue weighted by atomic mass is 10.1. The van der Waals surface area contributed by atoms with Crippen LogP contribution in [-0.4, -0.2) is 75.0 Å². The van der Waals surface area contributed by atoms with Crippen molar-refractivity contribution in [2.24, 2.45) is 24.4 Å². The van der Waals surface area contributed by atoms with Crippen LogP contribution in [0.3, 0.4) is 0 Å². The summed E-state index contributed by atoms with van der Waals surface area (Å²) in [4.78, 5) is 11.4. The van der Waals surface area contributed by atoms with E-state index >= 15 is 0 Å². The Hall–Kier alpha value is -2.57. The highest BCUT2D eigenvalue weighted by Crippen LogP contribution is 2.39. The Morgan fingerprint density at radius 1 is 0.809 bits per heavy atom. The third-order valence-corrected chi connectivity index (χ3v) is 10.1. The standard InChI is InChI=1S/C12H15F4N3O3S.C11H13F4N3O3S.CH3I/c1-6(8-7(12(14,15)16)5-19(4)17-8)23(20,21)10-9(13)11(2,3)22-18-10;1-10(2)8(12)9(17-21-10)22(19,20)5-7-6(11(13,14)15)4-18(3)16-7;1-2/h5-6,9H,1-4H3;4,8H,5H2,1-3H3;1H3. The highest BCUT2D eigenvalue weighted by atomic mass is 127. The zero-order valence-corrected chi connectivity index (χ0v) is 29.7. The van der Waals surface area contributed by atoms with Gasteiger partial charge in [0.1, 0.15) is 11.0 Å². The van der Waals surface area contributed by atoms with Gasteiger partial charge in [0.25, 0.3) is 0 Å². The number of alkyl halides is 9. The molecule has 0 spiro atoms. The second kappa shape index (κ2) is 13.7. The molecule has 4 heterocycles. The van der Waals surface area contributed by atoms with Crippen LogP contribution in [0.1, 0.15) is 62.4 Å². The summed E-state index contributed by atoms with van der Waals surface area (Å²) in [7, 11) is -6.48. The summed E-state index contributed by atoms with van der Waals surface area (Å²) in [5, 5.41) is 9.90. The maximum atomic E-state index is 14.2. The predicted molar refractivity (Wildman–Crippen MR) is 161 cm³/mol. The summed E-state index contributed by atoms with van der Waals surface area (Å²) in [6, 6.07) is 0. The van der Waals surface area contributed by atoms with Gasteiger partial charge in [0.2, 0.25) is 29.8 Å². The zero-order chi connectivity index (χ0) is 36.7. The molecule has 0 saturated heterocycles. The molecule has 23 heteroatoms. The van der Waals surface area contributed by atoms with Gasteiger partial charge in [-0.1, -0.05) is 32.9 Å². The predicted octanol–water partition coefficient (Wildman–Crippen LogP) is 5.24. The van der Waals surface area contributed by atoms with Gasteiger partial charge in [-0.05, 0) is 39.5 Å². The number of oxime groups is 2. The first-order chi connectivity index (χ1) is 21.1. The van der Waals surface area contributed by atoms with Crippen molar-refractivity contribution in [3.05, 3.63) is 34.9 Å². The molecule has 0 fully saturated rings. The first-order valence-corrected chi connectivity index (χ1v) is 18.3. The number of rotatable bonds is 4. The number of halogens is 9. The maximum absolute atomic E-state index is 14.2. The van der Waals surface area contributed by atoms with Crippen molar-refractivity contribution < 1.29 is 61.6 Å². The van der Waals surface area contributed by atoms with Crippen molar-refractivity contribution >= 4 is 52.4 Å². The van der Waals surface area contributed by atoms with Crippen LogP contribution in [0.15, 0.2) is 22.7 Å². The molecule has 2 aromatic heterocycles. The summed E-state index contributed by atoms with van der Waals surface area (Å²) < 4.78 is 157. The van der Waals surface area contributed by atoms with Gasteiger partial charge >= 0.3 is 12.4 Å². The minimum atomic E-state index is -4.78. The summed E-state index contributed by atoms with van der Waals surface area (Å²) >= 11 is 2.15. The minimum absolute atomic E-state index is 0.661. The van der Waals surface area contributed by atoms with E-state index in [0.717, 1.165) is 16.3 Å². The number of sulfone groups is 2. The van der Waals surface area contributed by atoms with Gasteiger partial charge in [-0.3, -0.25) is 9.36 Å². The second-order valence-corrected chi connectivity index (χ2v) is 15.3. The van der Waals surface area contributed by atoms with Gasteiger partial charge < -0.3 is 9.68 Å². The average Bonchev–Trinajstić information content (AvgIpc) is 3.64. The normalized spacial score (nSPS) is 21.3. The molecular weight excluding hydrogens is 811 g/mol. The van der Waals surface area contributed by atoms with Crippen molar-refractivity contribution in [1.82, 2.24) is 19.6 Å². The van der Waals surface area contributed by atoms with Gasteiger partial charge in [0.05, 0.1) is 22.5 Å². The van der Waals surface area contributed by atoms with E-state index in [9.17, 15) is 52.0 Å². The third kappa shape index (κ3) is 8.73. The monoisotopic (exact) mass is 842 g/mol. The van der Waals surface area contributed by atoms with Crippen LogP contribution >= 0.6 is 22.6 Å². The Morgan fingerprint density at radius 2 is 1.21 bits per heavy atom. The van der Waals surface area contributed by atoms with Crippen LogP contribution in [0.25, 0.3) is 0 Å². The molecule has 12 nitrogen and oxygen atoms in total. The molecule has 0 N–H and O–H groups in total. The van der Waals surface area contributed by atoms with E-state index in [-0.39, 0.29) is 0 Å². The Labute approximate surface area is 278 Å². The van der Waals surface area contributed by atoms with Gasteiger partial charge in [-0.25, -0.2) is 25.6 Å². The van der Waals surface area contributed by atoms with Crippen molar-refractivity contribution in [3.8, 4) is 0 Å². The average molecular weight is 843 g/mol. The van der Waals surface area contributed by atoms with E-state index in [2.05, 4.69) is 47.9 Å². The number of nitrogens with zero attached hydrogens (tertiary/aromatic N) is 6. The molecule has 2 aliphatic heterocycles. The Balaban J connectivity index is 0.000000311. The first-order valence-electron chi connectivity index (χ1n) is 13.0. The maximum Gasteiger partial charge on any atom is 0.419 e. The molecule has 2 aromatic rings. The Morgan fingerprint density at radius 3 is 1.62 bits per heavy atom. The Bertz CT molecular complexity index is 1730. The zero-order valence-electron chi connectivity index (χ0n) is 25.9. The van der Waals surface area contributed by atoms with E-state index in [1.807, 2.05) is 4.93 Å². The van der Waals surface area contributed by atoms with E-state index in [1.165, 1.54) is 41.8 Å². The number of hydrogen-bond acceptors (Lipinski definition) is 10. The fourth-order valence-corrected chi connectivity index (χ4v) is 7.01. The van der Waals surface area contributed by atoms with Crippen LogP contribution in [0.4, 0.5) is 35.1 Å². The minimum Gasteiger partial charge on any atom is -0.385 e. The largest absolute Gasteiger partial charge is 0.419 e. The second-order valence-electron chi connectivity index (χ2n) is 11.2. The van der Waals surface area contributed by atoms with Crippen molar-refractivity contribution in [1.29, 1.82) is 0 Å². The first kappa shape index (κ1) is 40.6. The number of hydrogen-bond donors (Lipinski definition) is 0. The van der Waals surface area contributed by atoms with Crippen molar-refractivity contribution in [2.45, 2.75) is 81.5 Å².